The summed E-state index contributed by atoms with van der Waals surface area (Å²) in [6, 6.07) is 10.1. The summed E-state index contributed by atoms with van der Waals surface area (Å²) in [6.07, 6.45) is 0. The van der Waals surface area contributed by atoms with Gasteiger partial charge in [0, 0.05) is 5.70 Å². The number of hydrogen-bond acceptors (Lipinski definition) is 4. The van der Waals surface area contributed by atoms with Crippen LogP contribution in [-0.2, 0) is 4.79 Å². The number of hydrogen-bond donors (Lipinski definition) is 4. The van der Waals surface area contributed by atoms with Gasteiger partial charge in [0.05, 0.1) is 24.4 Å². The van der Waals surface area contributed by atoms with Gasteiger partial charge in [0.15, 0.2) is 16.6 Å². The molecule has 1 heterocycles. The Labute approximate surface area is 161 Å². The Balaban J connectivity index is 1.99. The van der Waals surface area contributed by atoms with Crippen LogP contribution in [0.15, 0.2) is 53.7 Å². The maximum absolute atomic E-state index is 13.9. The van der Waals surface area contributed by atoms with Gasteiger partial charge in [0.2, 0.25) is 0 Å². The van der Waals surface area contributed by atoms with Crippen molar-refractivity contribution in [1.29, 1.82) is 0 Å². The molecule has 140 valence electrons. The van der Waals surface area contributed by atoms with Crippen LogP contribution in [0.3, 0.4) is 0 Å². The van der Waals surface area contributed by atoms with Crippen LogP contribution < -0.4 is 20.7 Å². The summed E-state index contributed by atoms with van der Waals surface area (Å²) >= 11 is 5.21. The van der Waals surface area contributed by atoms with E-state index in [1.807, 2.05) is 0 Å². The zero-order valence-corrected chi connectivity index (χ0v) is 15.5. The molecular weight excluding hydrogens is 369 g/mol. The van der Waals surface area contributed by atoms with Gasteiger partial charge >= 0.3 is 0 Å². The number of ether oxygens (including phenoxy) is 1. The Hall–Kier alpha value is -3.13. The molecule has 0 spiro atoms. The molecule has 0 aromatic heterocycles. The Morgan fingerprint density at radius 3 is 2.74 bits per heavy atom. The van der Waals surface area contributed by atoms with E-state index in [-0.39, 0.29) is 17.2 Å². The Morgan fingerprint density at radius 2 is 2.04 bits per heavy atom. The predicted molar refractivity (Wildman–Crippen MR) is 104 cm³/mol. The number of para-hydroxylation sites is 1. The number of carbonyl (C=O) groups is 1. The van der Waals surface area contributed by atoms with Gasteiger partial charge in [-0.05, 0) is 49.0 Å². The normalized spacial score (nSPS) is 16.4. The number of nitrogens with one attached hydrogen (secondary N) is 3. The van der Waals surface area contributed by atoms with E-state index in [0.29, 0.717) is 21.9 Å². The van der Waals surface area contributed by atoms with Crippen LogP contribution in [0, 0.1) is 5.82 Å². The second-order valence-corrected chi connectivity index (χ2v) is 6.34. The minimum Gasteiger partial charge on any atom is -0.504 e. The topological polar surface area (TPSA) is 82.6 Å². The largest absolute Gasteiger partial charge is 0.504 e. The highest BCUT2D eigenvalue weighted by Crippen LogP contribution is 2.34. The Morgan fingerprint density at radius 1 is 1.30 bits per heavy atom. The highest BCUT2D eigenvalue weighted by molar-refractivity contribution is 7.80. The fraction of sp³-hybridized carbons (Fsp3) is 0.158. The molecule has 1 unspecified atom stereocenters. The molecule has 1 aliphatic rings. The predicted octanol–water partition coefficient (Wildman–Crippen LogP) is 2.97. The molecule has 2 aromatic carbocycles. The molecule has 0 aliphatic carbocycles. The lowest BCUT2D eigenvalue weighted by molar-refractivity contribution is -0.113. The maximum Gasteiger partial charge on any atom is 0.255 e. The van der Waals surface area contributed by atoms with Crippen molar-refractivity contribution in [3.63, 3.8) is 0 Å². The molecule has 2 aromatic rings. The van der Waals surface area contributed by atoms with Crippen LogP contribution >= 0.6 is 12.2 Å². The first-order chi connectivity index (χ1) is 12.9. The lowest BCUT2D eigenvalue weighted by Gasteiger charge is -2.30. The molecule has 1 aliphatic heterocycles. The molecule has 1 atom stereocenters. The Bertz CT molecular complexity index is 946. The number of anilines is 1. The van der Waals surface area contributed by atoms with Crippen molar-refractivity contribution in [2.24, 2.45) is 0 Å². The van der Waals surface area contributed by atoms with E-state index in [1.54, 1.807) is 31.2 Å². The van der Waals surface area contributed by atoms with E-state index in [4.69, 9.17) is 17.0 Å². The van der Waals surface area contributed by atoms with Crippen LogP contribution in [0.1, 0.15) is 18.5 Å². The average Bonchev–Trinajstić information content (AvgIpc) is 2.63. The number of allylic oxidation sites excluding steroid dienone is 1. The summed E-state index contributed by atoms with van der Waals surface area (Å²) in [7, 11) is 1.44. The summed E-state index contributed by atoms with van der Waals surface area (Å²) < 4.78 is 19.1. The number of rotatable bonds is 4. The van der Waals surface area contributed by atoms with E-state index < -0.39 is 17.8 Å². The van der Waals surface area contributed by atoms with Gasteiger partial charge in [-0.25, -0.2) is 4.39 Å². The summed E-state index contributed by atoms with van der Waals surface area (Å²) in [4.78, 5) is 12.9. The van der Waals surface area contributed by atoms with Crippen molar-refractivity contribution in [1.82, 2.24) is 10.6 Å². The van der Waals surface area contributed by atoms with E-state index in [9.17, 15) is 14.3 Å². The zero-order chi connectivity index (χ0) is 19.6. The highest BCUT2D eigenvalue weighted by atomic mass is 32.1. The summed E-state index contributed by atoms with van der Waals surface area (Å²) in [5, 5.41) is 18.7. The number of amides is 1. The number of aromatic hydroxyl groups is 1. The quantitative estimate of drug-likeness (QED) is 0.604. The van der Waals surface area contributed by atoms with Gasteiger partial charge in [-0.15, -0.1) is 0 Å². The molecule has 0 saturated carbocycles. The number of carbonyl (C=O) groups excluding carboxylic acids is 1. The van der Waals surface area contributed by atoms with Gasteiger partial charge in [0.1, 0.15) is 5.82 Å². The molecule has 0 radical (unpaired) electrons. The van der Waals surface area contributed by atoms with Crippen LogP contribution in [0.2, 0.25) is 0 Å². The van der Waals surface area contributed by atoms with Gasteiger partial charge in [-0.3, -0.25) is 4.79 Å². The molecule has 0 bridgehead atoms. The van der Waals surface area contributed by atoms with E-state index in [0.717, 1.165) is 0 Å². The van der Waals surface area contributed by atoms with Crippen LogP contribution in [0.4, 0.5) is 10.1 Å². The number of methoxy groups -OCH3 is 1. The molecule has 3 rings (SSSR count). The minimum absolute atomic E-state index is 0.0178. The van der Waals surface area contributed by atoms with Gasteiger partial charge in [-0.1, -0.05) is 18.2 Å². The smallest absolute Gasteiger partial charge is 0.255 e. The molecule has 6 nitrogen and oxygen atoms in total. The summed E-state index contributed by atoms with van der Waals surface area (Å²) in [5.41, 5.74) is 1.63. The zero-order valence-electron chi connectivity index (χ0n) is 14.7. The van der Waals surface area contributed by atoms with Crippen molar-refractivity contribution in [2.45, 2.75) is 13.0 Å². The van der Waals surface area contributed by atoms with E-state index in [1.165, 1.54) is 25.3 Å². The van der Waals surface area contributed by atoms with Crippen molar-refractivity contribution >= 4 is 28.9 Å². The van der Waals surface area contributed by atoms with E-state index in [2.05, 4.69) is 16.0 Å². The number of phenolic OH excluding ortho intramolecular Hbond substituents is 1. The minimum atomic E-state index is -0.597. The fourth-order valence-electron chi connectivity index (χ4n) is 2.87. The third-order valence-corrected chi connectivity index (χ3v) is 4.39. The second-order valence-electron chi connectivity index (χ2n) is 5.94. The first-order valence-corrected chi connectivity index (χ1v) is 8.52. The second kappa shape index (κ2) is 7.63. The van der Waals surface area contributed by atoms with Crippen molar-refractivity contribution in [3.05, 3.63) is 65.1 Å². The summed E-state index contributed by atoms with van der Waals surface area (Å²) in [6.45, 7) is 1.72. The van der Waals surface area contributed by atoms with E-state index >= 15 is 0 Å². The number of phenols is 1. The van der Waals surface area contributed by atoms with Crippen molar-refractivity contribution < 1.29 is 19.0 Å². The van der Waals surface area contributed by atoms with Crippen molar-refractivity contribution in [3.8, 4) is 11.5 Å². The first kappa shape index (κ1) is 18.7. The average molecular weight is 387 g/mol. The molecule has 4 N–H and O–H groups in total. The number of halogens is 1. The third kappa shape index (κ3) is 3.85. The maximum atomic E-state index is 13.9. The molecule has 1 amide bonds. The first-order valence-electron chi connectivity index (χ1n) is 8.11. The fourth-order valence-corrected chi connectivity index (χ4v) is 3.14. The monoisotopic (exact) mass is 387 g/mol. The highest BCUT2D eigenvalue weighted by Gasteiger charge is 2.30. The molecule has 27 heavy (non-hydrogen) atoms. The van der Waals surface area contributed by atoms with Crippen LogP contribution in [-0.4, -0.2) is 23.2 Å². The molecule has 8 heteroatoms. The standard InChI is InChI=1S/C19H18FN3O3S/c1-10-16(18(25)22-13-6-4-3-5-12(13)20)17(23-19(27)21-10)11-7-8-14(24)15(9-11)26-2/h3-9,17,24H,1-2H3,(H,22,25)(H2,21,23,27). The molecule has 0 saturated heterocycles. The molecular formula is C19H18FN3O3S. The van der Waals surface area contributed by atoms with Crippen LogP contribution in [0.25, 0.3) is 0 Å². The number of thiocarbonyl (C=S) groups is 1. The third-order valence-electron chi connectivity index (χ3n) is 4.17. The SMILES string of the molecule is COc1cc(C2NC(=S)NC(C)=C2C(=O)Nc2ccccc2F)ccc1O. The van der Waals surface area contributed by atoms with Crippen LogP contribution in [0.5, 0.6) is 11.5 Å². The molecule has 0 fully saturated rings. The Kier molecular flexibility index (Phi) is 5.27. The van der Waals surface area contributed by atoms with Gasteiger partial charge < -0.3 is 25.8 Å². The lowest BCUT2D eigenvalue weighted by atomic mass is 9.94. The van der Waals surface area contributed by atoms with Gasteiger partial charge in [-0.2, -0.15) is 0 Å². The lowest BCUT2D eigenvalue weighted by Crippen LogP contribution is -2.45. The van der Waals surface area contributed by atoms with Gasteiger partial charge in [0.25, 0.3) is 5.91 Å². The van der Waals surface area contributed by atoms with Crippen molar-refractivity contribution in [2.75, 3.05) is 12.4 Å². The number of benzene rings is 2. The summed E-state index contributed by atoms with van der Waals surface area (Å²) in [5.74, 6) is -0.752.